The Labute approximate surface area is 325 Å². The van der Waals surface area contributed by atoms with Gasteiger partial charge in [-0.3, -0.25) is 0 Å². The number of alkyl halides is 21. The molecule has 0 aromatic heterocycles. The van der Waals surface area contributed by atoms with Crippen molar-refractivity contribution in [2.24, 2.45) is 17.8 Å². The summed E-state index contributed by atoms with van der Waals surface area (Å²) in [5.74, 6) is -4.43. The topological polar surface area (TPSA) is 68.2 Å². The smallest absolute Gasteiger partial charge is 0.381 e. The zero-order valence-electron chi connectivity index (χ0n) is 32.4. The molecule has 2 N–H and O–H groups in total. The molecule has 0 aromatic rings. The van der Waals surface area contributed by atoms with Gasteiger partial charge in [-0.25, -0.2) is 0 Å². The van der Waals surface area contributed by atoms with Crippen molar-refractivity contribution >= 4 is 0 Å². The van der Waals surface area contributed by atoms with Crippen molar-refractivity contribution in [3.63, 3.8) is 0 Å². The van der Waals surface area contributed by atoms with E-state index in [1.54, 1.807) is 0 Å². The van der Waals surface area contributed by atoms with Crippen LogP contribution in [0, 0.1) is 17.8 Å². The predicted octanol–water partition coefficient (Wildman–Crippen LogP) is 12.5. The number of ether oxygens (including phenoxy) is 3. The van der Waals surface area contributed by atoms with Crippen molar-refractivity contribution in [2.45, 2.75) is 184 Å². The van der Waals surface area contributed by atoms with Crippen LogP contribution < -0.4 is 0 Å². The van der Waals surface area contributed by atoms with Gasteiger partial charge in [-0.15, -0.1) is 0 Å². The van der Waals surface area contributed by atoms with E-state index in [1.807, 2.05) is 0 Å². The summed E-state index contributed by atoms with van der Waals surface area (Å²) in [6.45, 7) is 5.08. The Bertz CT molecular complexity index is 1230. The third-order valence-corrected chi connectivity index (χ3v) is 10.1. The molecule has 1 fully saturated rings. The maximum Gasteiger partial charge on any atom is 0.426 e. The van der Waals surface area contributed by atoms with Crippen LogP contribution in [0.25, 0.3) is 0 Å². The minimum Gasteiger partial charge on any atom is -0.381 e. The Hall–Kier alpha value is -1.67. The molecule has 3 atom stereocenters. The first kappa shape index (κ1) is 57.3. The molecule has 0 bridgehead atoms. The van der Waals surface area contributed by atoms with Gasteiger partial charge in [-0.2, -0.15) is 92.2 Å². The van der Waals surface area contributed by atoms with Crippen LogP contribution >= 0.6 is 0 Å². The average molecular weight is 923 g/mol. The van der Waals surface area contributed by atoms with Gasteiger partial charge in [-0.1, -0.05) is 40.5 Å². The maximum atomic E-state index is 13.4. The van der Waals surface area contributed by atoms with Crippen LogP contribution in [0.5, 0.6) is 0 Å². The molecular formula is C33H47F21O5. The normalized spacial score (nSPS) is 21.1. The van der Waals surface area contributed by atoms with Crippen LogP contribution in [-0.2, 0) is 14.2 Å². The van der Waals surface area contributed by atoms with Gasteiger partial charge >= 0.3 is 43.2 Å². The highest BCUT2D eigenvalue weighted by Gasteiger charge is 2.75. The molecule has 3 unspecified atom stereocenters. The van der Waals surface area contributed by atoms with Crippen molar-refractivity contribution in [3.8, 4) is 0 Å². The van der Waals surface area contributed by atoms with Gasteiger partial charge in [0.25, 0.3) is 16.8 Å². The van der Waals surface area contributed by atoms with Crippen molar-refractivity contribution in [2.75, 3.05) is 6.79 Å². The highest BCUT2D eigenvalue weighted by molar-refractivity contribution is 5.02. The second kappa shape index (κ2) is 19.0. The zero-order valence-corrected chi connectivity index (χ0v) is 32.4. The molecule has 356 valence electrons. The molecule has 0 heterocycles. The summed E-state index contributed by atoms with van der Waals surface area (Å²) in [5.41, 5.74) is -20.3. The summed E-state index contributed by atoms with van der Waals surface area (Å²) in [5, 5.41) is 18.8. The van der Waals surface area contributed by atoms with Gasteiger partial charge in [0.1, 0.15) is 6.79 Å². The summed E-state index contributed by atoms with van der Waals surface area (Å²) in [7, 11) is 0. The first-order valence-corrected chi connectivity index (χ1v) is 17.6. The standard InChI is InChI=1S/C18H24F12O3.C15H23F9O2/c1-3-10(2)8-13(15(19,20)21,16(22,23)24)33-9-32-12-6-4-11(5-7-12)14(31,17(25,26)27)18(28,29)30;1-6-9(2)7-12(14(19,20)21,15(22,23)24)26-10(3,4)8-11(5,25)13(16,17)18/h10-12,31H,3-9H2,1-2H3;9,25H,6-8H2,1-5H3. The fourth-order valence-corrected chi connectivity index (χ4v) is 6.37. The fraction of sp³-hybridized carbons (Fsp3) is 1.00. The van der Waals surface area contributed by atoms with Crippen molar-refractivity contribution < 1.29 is 117 Å². The van der Waals surface area contributed by atoms with E-state index in [4.69, 9.17) is 4.74 Å². The van der Waals surface area contributed by atoms with Gasteiger partial charge in [-0.05, 0) is 71.1 Å². The van der Waals surface area contributed by atoms with E-state index >= 15 is 0 Å². The second-order valence-corrected chi connectivity index (χ2v) is 15.6. The molecule has 0 radical (unpaired) electrons. The largest absolute Gasteiger partial charge is 0.426 e. The summed E-state index contributed by atoms with van der Waals surface area (Å²) in [4.78, 5) is 0. The Morgan fingerprint density at radius 1 is 0.508 bits per heavy atom. The van der Waals surface area contributed by atoms with Crippen LogP contribution in [0.3, 0.4) is 0 Å². The van der Waals surface area contributed by atoms with Crippen LogP contribution in [-0.4, -0.2) is 94.3 Å². The molecule has 1 aliphatic carbocycles. The van der Waals surface area contributed by atoms with Gasteiger partial charge in [0.05, 0.1) is 11.7 Å². The highest BCUT2D eigenvalue weighted by atomic mass is 19.4. The third-order valence-electron chi connectivity index (χ3n) is 10.1. The monoisotopic (exact) mass is 922 g/mol. The van der Waals surface area contributed by atoms with Crippen LogP contribution in [0.2, 0.25) is 0 Å². The lowest BCUT2D eigenvalue weighted by molar-refractivity contribution is -0.409. The second-order valence-electron chi connectivity index (χ2n) is 15.6. The highest BCUT2D eigenvalue weighted by Crippen LogP contribution is 2.55. The summed E-state index contributed by atoms with van der Waals surface area (Å²) in [6.07, 6.45) is -49.6. The molecule has 0 amide bonds. The Balaban J connectivity index is 0.00000118. The number of hydrogen-bond acceptors (Lipinski definition) is 5. The fourth-order valence-electron chi connectivity index (χ4n) is 6.37. The number of halogens is 21. The molecule has 26 heteroatoms. The predicted molar refractivity (Wildman–Crippen MR) is 164 cm³/mol. The average Bonchev–Trinajstić information content (AvgIpc) is 2.99. The van der Waals surface area contributed by atoms with Crippen LogP contribution in [0.4, 0.5) is 92.2 Å². The zero-order chi connectivity index (χ0) is 47.5. The first-order valence-electron chi connectivity index (χ1n) is 17.6. The molecule has 0 saturated heterocycles. The molecule has 1 rings (SSSR count). The van der Waals surface area contributed by atoms with Crippen molar-refractivity contribution in [1.29, 1.82) is 0 Å². The Kier molecular flexibility index (Phi) is 18.4. The lowest BCUT2D eigenvalue weighted by Crippen LogP contribution is -2.63. The molecular weight excluding hydrogens is 875 g/mol. The maximum absolute atomic E-state index is 13.4. The molecule has 0 aromatic carbocycles. The van der Waals surface area contributed by atoms with Crippen molar-refractivity contribution in [1.82, 2.24) is 0 Å². The van der Waals surface area contributed by atoms with E-state index in [-0.39, 0.29) is 19.8 Å². The van der Waals surface area contributed by atoms with Gasteiger partial charge in [0.15, 0.2) is 5.60 Å². The summed E-state index contributed by atoms with van der Waals surface area (Å²) in [6, 6.07) is 0. The quantitative estimate of drug-likeness (QED) is 0.127. The summed E-state index contributed by atoms with van der Waals surface area (Å²) < 4.78 is 290. The van der Waals surface area contributed by atoms with E-state index < -0.39 is 147 Å². The molecule has 0 spiro atoms. The Morgan fingerprint density at radius 2 is 0.847 bits per heavy atom. The van der Waals surface area contributed by atoms with E-state index in [9.17, 15) is 102 Å². The van der Waals surface area contributed by atoms with E-state index in [0.717, 1.165) is 13.8 Å². The van der Waals surface area contributed by atoms with Gasteiger partial charge in [0, 0.05) is 12.3 Å². The third kappa shape index (κ3) is 13.7. The first-order chi connectivity index (χ1) is 25.8. The van der Waals surface area contributed by atoms with E-state index in [1.165, 1.54) is 13.8 Å². The Morgan fingerprint density at radius 3 is 1.14 bits per heavy atom. The summed E-state index contributed by atoms with van der Waals surface area (Å²) >= 11 is 0. The molecule has 59 heavy (non-hydrogen) atoms. The minimum atomic E-state index is -6.04. The molecule has 1 saturated carbocycles. The van der Waals surface area contributed by atoms with Gasteiger partial charge in [0.2, 0.25) is 0 Å². The van der Waals surface area contributed by atoms with Crippen molar-refractivity contribution in [3.05, 3.63) is 0 Å². The molecule has 0 aliphatic heterocycles. The number of rotatable bonds is 15. The molecule has 1 aliphatic rings. The van der Waals surface area contributed by atoms with Gasteiger partial charge < -0.3 is 24.4 Å². The minimum absolute atomic E-state index is 0.0243. The lowest BCUT2D eigenvalue weighted by Gasteiger charge is -2.45. The lowest BCUT2D eigenvalue weighted by atomic mass is 9.75. The molecule has 5 nitrogen and oxygen atoms in total. The van der Waals surface area contributed by atoms with Crippen LogP contribution in [0.15, 0.2) is 0 Å². The van der Waals surface area contributed by atoms with Crippen LogP contribution in [0.1, 0.15) is 106 Å². The SMILES string of the molecule is CCC(C)CC(OC(C)(C)CC(C)(O)C(F)(F)F)(C(F)(F)F)C(F)(F)F.CCC(C)CC(OCOC1CCC(C(O)(C(F)(F)F)C(F)(F)F)CC1)(C(F)(F)F)C(F)(F)F. The number of hydrogen-bond donors (Lipinski definition) is 2. The number of aliphatic hydroxyl groups is 2. The van der Waals surface area contributed by atoms with E-state index in [0.29, 0.717) is 13.8 Å². The van der Waals surface area contributed by atoms with E-state index in [2.05, 4.69) is 9.47 Å².